The summed E-state index contributed by atoms with van der Waals surface area (Å²) in [5.74, 6) is 1.84. The van der Waals surface area contributed by atoms with Gasteiger partial charge in [0.2, 0.25) is 5.76 Å². The van der Waals surface area contributed by atoms with Gasteiger partial charge >= 0.3 is 0 Å². The van der Waals surface area contributed by atoms with Crippen molar-refractivity contribution in [1.29, 1.82) is 0 Å². The van der Waals surface area contributed by atoms with Crippen molar-refractivity contribution in [2.75, 3.05) is 23.3 Å². The second-order valence-electron chi connectivity index (χ2n) is 5.26. The van der Waals surface area contributed by atoms with Crippen LogP contribution >= 0.6 is 0 Å². The zero-order valence-corrected chi connectivity index (χ0v) is 11.8. The van der Waals surface area contributed by atoms with Crippen molar-refractivity contribution < 1.29 is 9.32 Å². The molecule has 1 amide bonds. The molecular formula is C14H17N5O2. The van der Waals surface area contributed by atoms with Crippen LogP contribution in [-0.2, 0) is 0 Å². The quantitative estimate of drug-likeness (QED) is 0.929. The molecule has 7 nitrogen and oxygen atoms in total. The third-order valence-corrected chi connectivity index (χ3v) is 3.66. The van der Waals surface area contributed by atoms with Gasteiger partial charge < -0.3 is 14.7 Å². The first-order valence-electron chi connectivity index (χ1n) is 7.01. The fourth-order valence-electron chi connectivity index (χ4n) is 2.34. The molecule has 1 aliphatic heterocycles. The van der Waals surface area contributed by atoms with Gasteiger partial charge in [-0.15, -0.1) is 0 Å². The maximum atomic E-state index is 11.9. The number of piperidine rings is 1. The molecule has 110 valence electrons. The lowest BCUT2D eigenvalue weighted by Crippen LogP contribution is -2.33. The van der Waals surface area contributed by atoms with Crippen LogP contribution in [-0.4, -0.2) is 34.1 Å². The molecule has 0 atom stereocenters. The molecule has 2 aromatic heterocycles. The lowest BCUT2D eigenvalue weighted by atomic mass is 9.99. The number of anilines is 2. The van der Waals surface area contributed by atoms with Gasteiger partial charge in [0, 0.05) is 25.2 Å². The Hall–Kier alpha value is -2.44. The normalized spacial score (nSPS) is 16.0. The fraction of sp³-hybridized carbons (Fsp3) is 0.429. The lowest BCUT2D eigenvalue weighted by molar-refractivity contribution is 0.0987. The van der Waals surface area contributed by atoms with Crippen molar-refractivity contribution in [2.24, 2.45) is 5.92 Å². The summed E-state index contributed by atoms with van der Waals surface area (Å²) in [6.07, 6.45) is 5.20. The number of nitrogens with zero attached hydrogens (tertiary/aromatic N) is 4. The largest absolute Gasteiger partial charge is 0.356 e. The summed E-state index contributed by atoms with van der Waals surface area (Å²) in [6.45, 7) is 4.22. The van der Waals surface area contributed by atoms with Gasteiger partial charge in [-0.2, -0.15) is 0 Å². The molecule has 1 fully saturated rings. The summed E-state index contributed by atoms with van der Waals surface area (Å²) in [4.78, 5) is 22.5. The van der Waals surface area contributed by atoms with Crippen LogP contribution in [0.5, 0.6) is 0 Å². The molecule has 3 heterocycles. The Balaban J connectivity index is 1.70. The topological polar surface area (TPSA) is 84.2 Å². The Bertz CT molecular complexity index is 606. The van der Waals surface area contributed by atoms with Gasteiger partial charge in [0.25, 0.3) is 5.91 Å². The van der Waals surface area contributed by atoms with E-state index in [4.69, 9.17) is 4.52 Å². The molecule has 0 bridgehead atoms. The van der Waals surface area contributed by atoms with Crippen LogP contribution in [0.3, 0.4) is 0 Å². The molecule has 0 unspecified atom stereocenters. The standard InChI is InChI=1S/C14H17N5O2/c1-10-3-6-19(7-4-10)13-8-12(15-9-16-13)18-14(20)11-2-5-17-21-11/h2,5,8-10H,3-4,6-7H2,1H3,(H,15,16,18,20). The minimum absolute atomic E-state index is 0.155. The predicted octanol–water partition coefficient (Wildman–Crippen LogP) is 1.95. The maximum Gasteiger partial charge on any atom is 0.295 e. The monoisotopic (exact) mass is 287 g/mol. The number of carbonyl (C=O) groups excluding carboxylic acids is 1. The van der Waals surface area contributed by atoms with Crippen LogP contribution < -0.4 is 10.2 Å². The molecule has 0 saturated carbocycles. The van der Waals surface area contributed by atoms with E-state index in [1.807, 2.05) is 0 Å². The summed E-state index contributed by atoms with van der Waals surface area (Å²) in [7, 11) is 0. The van der Waals surface area contributed by atoms with Crippen LogP contribution in [0.1, 0.15) is 30.3 Å². The van der Waals surface area contributed by atoms with Crippen molar-refractivity contribution in [2.45, 2.75) is 19.8 Å². The highest BCUT2D eigenvalue weighted by Crippen LogP contribution is 2.22. The summed E-state index contributed by atoms with van der Waals surface area (Å²) in [5.41, 5.74) is 0. The van der Waals surface area contributed by atoms with Gasteiger partial charge in [-0.1, -0.05) is 12.1 Å². The average Bonchev–Trinajstić information content (AvgIpc) is 3.02. The molecule has 1 aliphatic rings. The number of hydrogen-bond acceptors (Lipinski definition) is 6. The van der Waals surface area contributed by atoms with E-state index in [-0.39, 0.29) is 11.7 Å². The number of nitrogens with one attached hydrogen (secondary N) is 1. The molecule has 0 radical (unpaired) electrons. The number of aromatic nitrogens is 3. The summed E-state index contributed by atoms with van der Waals surface area (Å²) >= 11 is 0. The first kappa shape index (κ1) is 13.5. The summed E-state index contributed by atoms with van der Waals surface area (Å²) in [6, 6.07) is 3.29. The number of carbonyl (C=O) groups is 1. The molecule has 2 aromatic rings. The first-order chi connectivity index (χ1) is 10.2. The van der Waals surface area contributed by atoms with Crippen molar-refractivity contribution in [1.82, 2.24) is 15.1 Å². The van der Waals surface area contributed by atoms with Gasteiger partial charge in [-0.3, -0.25) is 4.79 Å². The zero-order chi connectivity index (χ0) is 14.7. The van der Waals surface area contributed by atoms with E-state index in [2.05, 4.69) is 32.3 Å². The fourth-order valence-corrected chi connectivity index (χ4v) is 2.34. The molecule has 1 N–H and O–H groups in total. The third kappa shape index (κ3) is 3.18. The molecule has 1 saturated heterocycles. The number of amides is 1. The van der Waals surface area contributed by atoms with Crippen LogP contribution in [0.25, 0.3) is 0 Å². The van der Waals surface area contributed by atoms with Gasteiger partial charge in [-0.05, 0) is 18.8 Å². The predicted molar refractivity (Wildman–Crippen MR) is 77.1 cm³/mol. The van der Waals surface area contributed by atoms with Gasteiger partial charge in [0.1, 0.15) is 18.0 Å². The summed E-state index contributed by atoms with van der Waals surface area (Å²) in [5, 5.41) is 6.19. The Morgan fingerprint density at radius 3 is 2.90 bits per heavy atom. The summed E-state index contributed by atoms with van der Waals surface area (Å²) < 4.78 is 4.81. The Kier molecular flexibility index (Phi) is 3.81. The van der Waals surface area contributed by atoms with Crippen LogP contribution in [0.4, 0.5) is 11.6 Å². The van der Waals surface area contributed by atoms with Crippen molar-refractivity contribution in [3.63, 3.8) is 0 Å². The molecule has 21 heavy (non-hydrogen) atoms. The Morgan fingerprint density at radius 1 is 1.38 bits per heavy atom. The minimum Gasteiger partial charge on any atom is -0.356 e. The van der Waals surface area contributed by atoms with Crippen LogP contribution in [0.15, 0.2) is 29.2 Å². The SMILES string of the molecule is CC1CCN(c2cc(NC(=O)c3ccno3)ncn2)CC1. The van der Waals surface area contributed by atoms with Gasteiger partial charge in [0.05, 0.1) is 6.20 Å². The molecule has 7 heteroatoms. The van der Waals surface area contributed by atoms with Crippen molar-refractivity contribution >= 4 is 17.5 Å². The maximum absolute atomic E-state index is 11.9. The van der Waals surface area contributed by atoms with Crippen molar-refractivity contribution in [3.05, 3.63) is 30.4 Å². The van der Waals surface area contributed by atoms with E-state index in [9.17, 15) is 4.79 Å². The first-order valence-corrected chi connectivity index (χ1v) is 7.01. The highest BCUT2D eigenvalue weighted by molar-refractivity contribution is 6.01. The Labute approximate surface area is 122 Å². The van der Waals surface area contributed by atoms with Crippen molar-refractivity contribution in [3.8, 4) is 0 Å². The molecular weight excluding hydrogens is 270 g/mol. The third-order valence-electron chi connectivity index (χ3n) is 3.66. The number of rotatable bonds is 3. The van der Waals surface area contributed by atoms with E-state index in [1.54, 1.807) is 6.07 Å². The second kappa shape index (κ2) is 5.90. The number of hydrogen-bond donors (Lipinski definition) is 1. The minimum atomic E-state index is -0.371. The average molecular weight is 287 g/mol. The van der Waals surface area contributed by atoms with Gasteiger partial charge in [-0.25, -0.2) is 9.97 Å². The second-order valence-corrected chi connectivity index (χ2v) is 5.26. The van der Waals surface area contributed by atoms with Gasteiger partial charge in [0.15, 0.2) is 0 Å². The van der Waals surface area contributed by atoms with E-state index in [0.717, 1.165) is 37.7 Å². The highest BCUT2D eigenvalue weighted by atomic mass is 16.5. The van der Waals surface area contributed by atoms with E-state index in [1.165, 1.54) is 18.6 Å². The molecule has 3 rings (SSSR count). The van der Waals surface area contributed by atoms with Crippen LogP contribution in [0.2, 0.25) is 0 Å². The van der Waals surface area contributed by atoms with E-state index in [0.29, 0.717) is 5.82 Å². The highest BCUT2D eigenvalue weighted by Gasteiger charge is 2.18. The smallest absolute Gasteiger partial charge is 0.295 e. The van der Waals surface area contributed by atoms with E-state index >= 15 is 0 Å². The van der Waals surface area contributed by atoms with Crippen LogP contribution in [0, 0.1) is 5.92 Å². The van der Waals surface area contributed by atoms with E-state index < -0.39 is 0 Å². The lowest BCUT2D eigenvalue weighted by Gasteiger charge is -2.31. The molecule has 0 aliphatic carbocycles. The molecule has 0 aromatic carbocycles. The molecule has 0 spiro atoms. The Morgan fingerprint density at radius 2 is 2.19 bits per heavy atom. The zero-order valence-electron chi connectivity index (χ0n) is 11.8.